The minimum Gasteiger partial charge on any atom is -0.423 e. The van der Waals surface area contributed by atoms with Crippen molar-refractivity contribution in [1.29, 1.82) is 0 Å². The zero-order valence-corrected chi connectivity index (χ0v) is 25.8. The molecule has 2 unspecified atom stereocenters. The van der Waals surface area contributed by atoms with Gasteiger partial charge in [-0.15, -0.1) is 11.3 Å². The molecule has 0 aliphatic carbocycles. The van der Waals surface area contributed by atoms with E-state index in [0.717, 1.165) is 31.3 Å². The predicted molar refractivity (Wildman–Crippen MR) is 153 cm³/mol. The number of carbonyl (C=O) groups is 6. The van der Waals surface area contributed by atoms with Crippen LogP contribution in [-0.4, -0.2) is 81.2 Å². The Balaban J connectivity index is 1.72. The van der Waals surface area contributed by atoms with Crippen molar-refractivity contribution in [3.05, 3.63) is 34.8 Å². The number of aromatic nitrogens is 1. The second-order valence-corrected chi connectivity index (χ2v) is 11.9. The first kappa shape index (κ1) is 34.3. The van der Waals surface area contributed by atoms with Gasteiger partial charge in [0.25, 0.3) is 23.6 Å². The number of β-lactam (4-membered cyclic amide) rings is 1. The van der Waals surface area contributed by atoms with Gasteiger partial charge in [-0.25, -0.2) is 9.29 Å². The van der Waals surface area contributed by atoms with Gasteiger partial charge in [0.15, 0.2) is 22.3 Å². The van der Waals surface area contributed by atoms with Crippen molar-refractivity contribution < 1.29 is 56.0 Å². The molecular formula is C24H27N7O12S2. The molecule has 0 saturated carbocycles. The maximum Gasteiger partial charge on any atom is 0.362 e. The second kappa shape index (κ2) is 13.2. The normalized spacial score (nSPS) is 16.6. The van der Waals surface area contributed by atoms with Crippen molar-refractivity contribution in [2.24, 2.45) is 5.16 Å². The van der Waals surface area contributed by atoms with Crippen molar-refractivity contribution in [2.75, 3.05) is 5.73 Å². The van der Waals surface area contributed by atoms with Crippen molar-refractivity contribution in [3.8, 4) is 11.5 Å². The highest BCUT2D eigenvalue weighted by Crippen LogP contribution is 2.29. The van der Waals surface area contributed by atoms with Crippen molar-refractivity contribution >= 4 is 68.1 Å². The molecule has 1 saturated heterocycles. The number of nitrogens with one attached hydrogen (secondary N) is 3. The summed E-state index contributed by atoms with van der Waals surface area (Å²) in [6, 6.07) is 1.05. The summed E-state index contributed by atoms with van der Waals surface area (Å²) in [5.41, 5.74) is 7.28. The van der Waals surface area contributed by atoms with Gasteiger partial charge >= 0.3 is 22.2 Å². The topological polar surface area (TPSA) is 275 Å². The smallest absolute Gasteiger partial charge is 0.362 e. The van der Waals surface area contributed by atoms with Crippen LogP contribution in [0.15, 0.2) is 28.7 Å². The Morgan fingerprint density at radius 1 is 1.09 bits per heavy atom. The number of nitrogens with two attached hydrogens (primary N) is 1. The molecule has 19 nitrogen and oxygen atoms in total. The minimum atomic E-state index is -4.85. The van der Waals surface area contributed by atoms with Crippen LogP contribution in [0.25, 0.3) is 0 Å². The van der Waals surface area contributed by atoms with E-state index in [9.17, 15) is 41.7 Å². The van der Waals surface area contributed by atoms with Crippen LogP contribution in [-0.2, 0) is 39.1 Å². The van der Waals surface area contributed by atoms with Gasteiger partial charge < -0.3 is 25.4 Å². The highest BCUT2D eigenvalue weighted by atomic mass is 32.2. The van der Waals surface area contributed by atoms with E-state index in [1.54, 1.807) is 0 Å². The quantitative estimate of drug-likeness (QED) is 0.0510. The largest absolute Gasteiger partial charge is 0.423 e. The molecule has 1 fully saturated rings. The lowest BCUT2D eigenvalue weighted by atomic mass is 10.0. The maximum absolute atomic E-state index is 13.0. The van der Waals surface area contributed by atoms with E-state index < -0.39 is 69.3 Å². The van der Waals surface area contributed by atoms with Crippen LogP contribution in [0.1, 0.15) is 50.7 Å². The molecule has 6 N–H and O–H groups in total. The number of thiazole rings is 1. The molecule has 0 radical (unpaired) electrons. The summed E-state index contributed by atoms with van der Waals surface area (Å²) >= 11 is 0.934. The molecule has 0 bridgehead atoms. The molecule has 1 aromatic carbocycles. The third-order valence-corrected chi connectivity index (χ3v) is 7.45. The molecule has 4 amide bonds. The first-order valence-corrected chi connectivity index (χ1v) is 14.8. The fourth-order valence-electron chi connectivity index (χ4n) is 3.57. The van der Waals surface area contributed by atoms with Crippen LogP contribution < -0.4 is 31.4 Å². The van der Waals surface area contributed by atoms with E-state index in [4.69, 9.17) is 20.0 Å². The number of rotatable bonds is 10. The lowest BCUT2D eigenvalue weighted by molar-refractivity contribution is -0.144. The average Bonchev–Trinajstić information content (AvgIpc) is 3.35. The SMILES string of the molecule is CC(=O)Oc1ccc(C(=O)NNC(=O)C(C)(C)ON=C(C(=O)NC2C(=O)N(S(=O)(=O)O)C2C)c2csc(N)n2)cc1OC(C)=O. The van der Waals surface area contributed by atoms with E-state index >= 15 is 0 Å². The Labute approximate surface area is 258 Å². The fourth-order valence-corrected chi connectivity index (χ4v) is 5.01. The molecule has 0 spiro atoms. The number of benzene rings is 1. The minimum absolute atomic E-state index is 0.0357. The van der Waals surface area contributed by atoms with Gasteiger partial charge in [0, 0.05) is 24.8 Å². The number of hydrogen-bond donors (Lipinski definition) is 5. The zero-order chi connectivity index (χ0) is 33.9. The van der Waals surface area contributed by atoms with Crippen LogP contribution in [0.5, 0.6) is 11.5 Å². The lowest BCUT2D eigenvalue weighted by Crippen LogP contribution is -2.71. The van der Waals surface area contributed by atoms with Gasteiger partial charge in [0.1, 0.15) is 11.7 Å². The standard InChI is InChI=1S/C24H27N7O12S2/c1-10-17(21(36)31(10)45(38,39)40)27-20(35)18(14-9-44-23(25)26-14)30-43-24(4,5)22(37)29-28-19(34)13-6-7-15(41-11(2)32)16(8-13)42-12(3)33/h6-10,17H,1-5H3,(H2,25,26)(H,27,35)(H,28,34)(H,29,37)(H,38,39,40). The molecule has 45 heavy (non-hydrogen) atoms. The Kier molecular flexibility index (Phi) is 10.1. The molecule has 1 aliphatic heterocycles. The number of carbonyl (C=O) groups excluding carboxylic acids is 6. The number of oxime groups is 1. The Morgan fingerprint density at radius 3 is 2.24 bits per heavy atom. The number of hydrazine groups is 1. The highest BCUT2D eigenvalue weighted by molar-refractivity contribution is 7.84. The van der Waals surface area contributed by atoms with Crippen LogP contribution in [0.3, 0.4) is 0 Å². The third-order valence-electron chi connectivity index (χ3n) is 5.77. The summed E-state index contributed by atoms with van der Waals surface area (Å²) in [5.74, 6) is -5.80. The molecule has 242 valence electrons. The first-order valence-electron chi connectivity index (χ1n) is 12.5. The number of nitrogens with zero attached hydrogens (tertiary/aromatic N) is 3. The number of nitrogen functional groups attached to an aromatic ring is 1. The summed E-state index contributed by atoms with van der Waals surface area (Å²) in [6.07, 6.45) is 0. The summed E-state index contributed by atoms with van der Waals surface area (Å²) in [6.45, 7) is 5.95. The van der Waals surface area contributed by atoms with Crippen molar-refractivity contribution in [2.45, 2.75) is 52.3 Å². The summed E-state index contributed by atoms with van der Waals surface area (Å²) in [5, 5.41) is 7.36. The molecule has 2 aromatic rings. The molecule has 21 heteroatoms. The Bertz CT molecular complexity index is 1700. The number of hydrogen-bond acceptors (Lipinski definition) is 15. The fraction of sp³-hybridized carbons (Fsp3) is 0.333. The van der Waals surface area contributed by atoms with Crippen LogP contribution in [0.4, 0.5) is 5.13 Å². The third kappa shape index (κ3) is 8.27. The molecule has 3 rings (SSSR count). The average molecular weight is 670 g/mol. The second-order valence-electron chi connectivity index (χ2n) is 9.67. The van der Waals surface area contributed by atoms with Gasteiger partial charge in [0.2, 0.25) is 5.60 Å². The Morgan fingerprint density at radius 2 is 1.71 bits per heavy atom. The first-order chi connectivity index (χ1) is 20.8. The van der Waals surface area contributed by atoms with Crippen LogP contribution in [0, 0.1) is 0 Å². The van der Waals surface area contributed by atoms with Gasteiger partial charge in [-0.2, -0.15) is 8.42 Å². The van der Waals surface area contributed by atoms with Gasteiger partial charge in [-0.3, -0.25) is 44.2 Å². The number of anilines is 1. The van der Waals surface area contributed by atoms with Gasteiger partial charge in [-0.1, -0.05) is 5.16 Å². The van der Waals surface area contributed by atoms with E-state index in [1.807, 2.05) is 0 Å². The van der Waals surface area contributed by atoms with E-state index in [2.05, 4.69) is 26.3 Å². The zero-order valence-electron chi connectivity index (χ0n) is 24.1. The van der Waals surface area contributed by atoms with E-state index in [-0.39, 0.29) is 32.2 Å². The van der Waals surface area contributed by atoms with Gasteiger partial charge in [-0.05, 0) is 39.0 Å². The summed E-state index contributed by atoms with van der Waals surface area (Å²) < 4.78 is 42.0. The molecular weight excluding hydrogens is 642 g/mol. The summed E-state index contributed by atoms with van der Waals surface area (Å²) in [7, 11) is -4.85. The van der Waals surface area contributed by atoms with E-state index in [0.29, 0.717) is 0 Å². The van der Waals surface area contributed by atoms with E-state index in [1.165, 1.54) is 38.3 Å². The molecule has 1 aromatic heterocycles. The van der Waals surface area contributed by atoms with Crippen molar-refractivity contribution in [1.82, 2.24) is 25.5 Å². The summed E-state index contributed by atoms with van der Waals surface area (Å²) in [4.78, 5) is 82.7. The number of esters is 2. The van der Waals surface area contributed by atoms with Crippen molar-refractivity contribution in [3.63, 3.8) is 0 Å². The van der Waals surface area contributed by atoms with Crippen LogP contribution >= 0.6 is 11.3 Å². The molecule has 2 atom stereocenters. The number of amides is 4. The van der Waals surface area contributed by atoms with Crippen LogP contribution in [0.2, 0.25) is 0 Å². The lowest BCUT2D eigenvalue weighted by Gasteiger charge is -2.42. The number of ether oxygens (including phenoxy) is 2. The predicted octanol–water partition coefficient (Wildman–Crippen LogP) is -0.945. The monoisotopic (exact) mass is 669 g/mol. The molecule has 2 heterocycles. The maximum atomic E-state index is 13.0. The van der Waals surface area contributed by atoms with Gasteiger partial charge in [0.05, 0.1) is 6.04 Å². The Hall–Kier alpha value is -5.15. The highest BCUT2D eigenvalue weighted by Gasteiger charge is 2.51. The molecule has 1 aliphatic rings.